The molecule has 2 aliphatic heterocycles. The van der Waals surface area contributed by atoms with Crippen molar-refractivity contribution in [2.75, 3.05) is 63.4 Å². The SMILES string of the molecule is CCNC(=O)[C@H]1O[C@@H](n2cnc3c(N)nc(NCCN4CCN(CCc5ccccc5)CC4)nc32)[C@H](O)[C@@H]1O. The number of imidazole rings is 1. The monoisotopic (exact) mass is 539 g/mol. The Bertz CT molecular complexity index is 1250. The van der Waals surface area contributed by atoms with Crippen molar-refractivity contribution in [3.05, 3.63) is 42.2 Å². The summed E-state index contributed by atoms with van der Waals surface area (Å²) in [4.78, 5) is 30.3. The lowest BCUT2D eigenvalue weighted by Gasteiger charge is -2.34. The van der Waals surface area contributed by atoms with Gasteiger partial charge in [-0.25, -0.2) is 4.98 Å². The molecule has 5 rings (SSSR count). The summed E-state index contributed by atoms with van der Waals surface area (Å²) in [7, 11) is 0. The summed E-state index contributed by atoms with van der Waals surface area (Å²) >= 11 is 0. The number of amides is 1. The minimum Gasteiger partial charge on any atom is -0.387 e. The van der Waals surface area contributed by atoms with Gasteiger partial charge in [0.1, 0.15) is 17.7 Å². The second kappa shape index (κ2) is 12.2. The lowest BCUT2D eigenvalue weighted by molar-refractivity contribution is -0.137. The molecular formula is C26H37N9O4. The van der Waals surface area contributed by atoms with Crippen LogP contribution in [-0.4, -0.2) is 116 Å². The van der Waals surface area contributed by atoms with Gasteiger partial charge in [0.2, 0.25) is 5.95 Å². The number of hydrogen-bond acceptors (Lipinski definition) is 11. The van der Waals surface area contributed by atoms with E-state index in [1.807, 2.05) is 6.07 Å². The Balaban J connectivity index is 1.15. The first-order valence-electron chi connectivity index (χ1n) is 13.5. The average Bonchev–Trinajstić information content (AvgIpc) is 3.50. The number of hydrogen-bond donors (Lipinski definition) is 5. The molecule has 0 bridgehead atoms. The van der Waals surface area contributed by atoms with Gasteiger partial charge in [-0.2, -0.15) is 9.97 Å². The van der Waals surface area contributed by atoms with E-state index in [0.29, 0.717) is 30.2 Å². The molecule has 2 fully saturated rings. The zero-order valence-corrected chi connectivity index (χ0v) is 22.1. The fourth-order valence-corrected chi connectivity index (χ4v) is 5.08. The number of carbonyl (C=O) groups is 1. The Kier molecular flexibility index (Phi) is 8.53. The maximum Gasteiger partial charge on any atom is 0.252 e. The van der Waals surface area contributed by atoms with Gasteiger partial charge in [-0.3, -0.25) is 14.3 Å². The fourth-order valence-electron chi connectivity index (χ4n) is 5.08. The smallest absolute Gasteiger partial charge is 0.252 e. The first-order chi connectivity index (χ1) is 18.9. The number of aromatic nitrogens is 4. The second-order valence-electron chi connectivity index (χ2n) is 9.93. The van der Waals surface area contributed by atoms with Crippen LogP contribution in [0.5, 0.6) is 0 Å². The average molecular weight is 540 g/mol. The zero-order chi connectivity index (χ0) is 27.4. The molecule has 13 heteroatoms. The lowest BCUT2D eigenvalue weighted by atomic mass is 10.1. The normalized spacial score (nSPS) is 24.3. The number of likely N-dealkylation sites (N-methyl/N-ethyl adjacent to an activating group) is 1. The lowest BCUT2D eigenvalue weighted by Crippen LogP contribution is -2.48. The van der Waals surface area contributed by atoms with Crippen molar-refractivity contribution in [3.63, 3.8) is 0 Å². The van der Waals surface area contributed by atoms with Crippen LogP contribution in [0.1, 0.15) is 18.7 Å². The number of rotatable bonds is 10. The number of anilines is 2. The number of nitrogens with one attached hydrogen (secondary N) is 2. The molecule has 0 radical (unpaired) electrons. The van der Waals surface area contributed by atoms with Gasteiger partial charge in [0, 0.05) is 52.4 Å². The van der Waals surface area contributed by atoms with E-state index >= 15 is 0 Å². The van der Waals surface area contributed by atoms with E-state index < -0.39 is 30.4 Å². The van der Waals surface area contributed by atoms with E-state index in [1.165, 1.54) is 16.5 Å². The third-order valence-electron chi connectivity index (χ3n) is 7.31. The fraction of sp³-hybridized carbons (Fsp3) is 0.538. The van der Waals surface area contributed by atoms with Crippen LogP contribution in [0.4, 0.5) is 11.8 Å². The number of benzene rings is 1. The molecule has 0 saturated carbocycles. The number of nitrogens with zero attached hydrogens (tertiary/aromatic N) is 6. The van der Waals surface area contributed by atoms with Crippen LogP contribution in [0.15, 0.2) is 36.7 Å². The highest BCUT2D eigenvalue weighted by molar-refractivity contribution is 5.83. The van der Waals surface area contributed by atoms with Crippen LogP contribution in [0.25, 0.3) is 11.2 Å². The zero-order valence-electron chi connectivity index (χ0n) is 22.1. The Morgan fingerprint density at radius 3 is 2.51 bits per heavy atom. The van der Waals surface area contributed by atoms with Crippen molar-refractivity contribution in [3.8, 4) is 0 Å². The number of fused-ring (bicyclic) bond motifs is 1. The molecule has 210 valence electrons. The topological polar surface area (TPSA) is 167 Å². The molecule has 6 N–H and O–H groups in total. The van der Waals surface area contributed by atoms with E-state index in [2.05, 4.69) is 59.7 Å². The number of ether oxygens (including phenoxy) is 1. The summed E-state index contributed by atoms with van der Waals surface area (Å²) in [6.45, 7) is 8.73. The van der Waals surface area contributed by atoms with Gasteiger partial charge in [0.25, 0.3) is 5.91 Å². The molecule has 2 aliphatic rings. The minimum atomic E-state index is -1.39. The summed E-state index contributed by atoms with van der Waals surface area (Å²) < 4.78 is 7.20. The molecule has 13 nitrogen and oxygen atoms in total. The molecule has 0 spiro atoms. The maximum atomic E-state index is 12.3. The first kappa shape index (κ1) is 27.2. The van der Waals surface area contributed by atoms with E-state index in [9.17, 15) is 15.0 Å². The third-order valence-corrected chi connectivity index (χ3v) is 7.31. The predicted octanol–water partition coefficient (Wildman–Crippen LogP) is -0.564. The summed E-state index contributed by atoms with van der Waals surface area (Å²) in [6.07, 6.45) is -2.54. The van der Waals surface area contributed by atoms with Gasteiger partial charge in [0.05, 0.1) is 6.33 Å². The molecule has 0 aliphatic carbocycles. The van der Waals surface area contributed by atoms with Gasteiger partial charge in [-0.05, 0) is 18.9 Å². The first-order valence-corrected chi connectivity index (χ1v) is 13.5. The number of piperazine rings is 1. The molecule has 1 aromatic carbocycles. The van der Waals surface area contributed by atoms with Crippen LogP contribution in [0, 0.1) is 0 Å². The van der Waals surface area contributed by atoms with E-state index in [1.54, 1.807) is 6.92 Å². The predicted molar refractivity (Wildman–Crippen MR) is 146 cm³/mol. The molecule has 1 amide bonds. The molecule has 2 saturated heterocycles. The highest BCUT2D eigenvalue weighted by atomic mass is 16.6. The largest absolute Gasteiger partial charge is 0.387 e. The van der Waals surface area contributed by atoms with Crippen molar-refractivity contribution < 1.29 is 19.7 Å². The van der Waals surface area contributed by atoms with Crippen LogP contribution >= 0.6 is 0 Å². The summed E-state index contributed by atoms with van der Waals surface area (Å²) in [5.41, 5.74) is 8.20. The number of aliphatic hydroxyl groups excluding tert-OH is 2. The number of nitrogens with two attached hydrogens (primary N) is 1. The van der Waals surface area contributed by atoms with Crippen molar-refractivity contribution >= 4 is 28.8 Å². The highest BCUT2D eigenvalue weighted by Gasteiger charge is 2.47. The van der Waals surface area contributed by atoms with Gasteiger partial charge < -0.3 is 36.2 Å². The van der Waals surface area contributed by atoms with Gasteiger partial charge in [-0.1, -0.05) is 30.3 Å². The maximum absolute atomic E-state index is 12.3. The van der Waals surface area contributed by atoms with E-state index in [-0.39, 0.29) is 5.82 Å². The Labute approximate surface area is 227 Å². The van der Waals surface area contributed by atoms with Gasteiger partial charge >= 0.3 is 0 Å². The second-order valence-corrected chi connectivity index (χ2v) is 9.93. The van der Waals surface area contributed by atoms with Crippen LogP contribution in [0.2, 0.25) is 0 Å². The van der Waals surface area contributed by atoms with Crippen molar-refractivity contribution in [2.45, 2.75) is 37.9 Å². The highest BCUT2D eigenvalue weighted by Crippen LogP contribution is 2.32. The molecule has 0 unspecified atom stereocenters. The number of carbonyl (C=O) groups excluding carboxylic acids is 1. The quantitative estimate of drug-likeness (QED) is 0.224. The molecular weight excluding hydrogens is 502 g/mol. The summed E-state index contributed by atoms with van der Waals surface area (Å²) in [6, 6.07) is 10.6. The van der Waals surface area contributed by atoms with Gasteiger partial charge in [0.15, 0.2) is 23.8 Å². The Morgan fingerprint density at radius 2 is 1.79 bits per heavy atom. The van der Waals surface area contributed by atoms with Crippen molar-refractivity contribution in [2.24, 2.45) is 0 Å². The van der Waals surface area contributed by atoms with E-state index in [4.69, 9.17) is 10.5 Å². The molecule has 4 atom stereocenters. The van der Waals surface area contributed by atoms with Crippen LogP contribution in [-0.2, 0) is 16.0 Å². The van der Waals surface area contributed by atoms with Crippen molar-refractivity contribution in [1.29, 1.82) is 0 Å². The minimum absolute atomic E-state index is 0.182. The standard InChI is InChI=1S/C26H37N9O4/c1-2-28-24(38)21-19(36)20(37)25(39-21)35-16-30-18-22(27)31-26(32-23(18)35)29-9-11-34-14-12-33(13-15-34)10-8-17-6-4-3-5-7-17/h3-7,16,19-21,25,36-37H,2,8-15H2,1H3,(H,28,38)(H3,27,29,31,32)/t19-,20+,21-,25+/m0/s1. The molecule has 4 heterocycles. The van der Waals surface area contributed by atoms with Gasteiger partial charge in [-0.15, -0.1) is 0 Å². The Hall–Kier alpha value is -3.36. The van der Waals surface area contributed by atoms with E-state index in [0.717, 1.165) is 45.7 Å². The number of nitrogen functional groups attached to an aromatic ring is 1. The van der Waals surface area contributed by atoms with Crippen molar-refractivity contribution in [1.82, 2.24) is 34.6 Å². The third kappa shape index (κ3) is 6.12. The number of aliphatic hydroxyl groups is 2. The molecule has 39 heavy (non-hydrogen) atoms. The molecule has 2 aromatic heterocycles. The molecule has 3 aromatic rings. The van der Waals surface area contributed by atoms with Crippen LogP contribution < -0.4 is 16.4 Å². The Morgan fingerprint density at radius 1 is 1.08 bits per heavy atom. The summed E-state index contributed by atoms with van der Waals surface area (Å²) in [5, 5.41) is 26.8. The summed E-state index contributed by atoms with van der Waals surface area (Å²) in [5.74, 6) is 0.0163. The van der Waals surface area contributed by atoms with Crippen LogP contribution in [0.3, 0.4) is 0 Å².